The Bertz CT molecular complexity index is 606. The maximum atomic E-state index is 11.0. The molecule has 1 rings (SSSR count). The molecule has 0 unspecified atom stereocenters. The molecular formula is C14H15ClN2O5. The zero-order valence-corrected chi connectivity index (χ0v) is 12.3. The summed E-state index contributed by atoms with van der Waals surface area (Å²) in [6, 6.07) is 0.498. The van der Waals surface area contributed by atoms with E-state index in [4.69, 9.17) is 26.3 Å². The maximum absolute atomic E-state index is 11.0. The van der Waals surface area contributed by atoms with Crippen molar-refractivity contribution in [2.45, 2.75) is 12.5 Å². The first-order valence-corrected chi connectivity index (χ1v) is 6.60. The number of hydrogen-bond donors (Lipinski definition) is 3. The predicted octanol–water partition coefficient (Wildman–Crippen LogP) is 1.67. The summed E-state index contributed by atoms with van der Waals surface area (Å²) >= 11 is 5.72. The van der Waals surface area contributed by atoms with E-state index in [1.54, 1.807) is 24.3 Å². The van der Waals surface area contributed by atoms with E-state index < -0.39 is 24.5 Å². The molecule has 0 amide bonds. The normalized spacial score (nSPS) is 13.2. The first-order valence-electron chi connectivity index (χ1n) is 6.22. The van der Waals surface area contributed by atoms with Crippen LogP contribution in [0, 0.1) is 0 Å². The van der Waals surface area contributed by atoms with Gasteiger partial charge in [0.15, 0.2) is 5.76 Å². The van der Waals surface area contributed by atoms with Gasteiger partial charge in [0, 0.05) is 17.5 Å². The molecule has 7 nitrogen and oxygen atoms in total. The van der Waals surface area contributed by atoms with Gasteiger partial charge in [-0.1, -0.05) is 35.5 Å². The number of aliphatic carboxylic acids is 2. The van der Waals surface area contributed by atoms with Crippen molar-refractivity contribution in [2.75, 3.05) is 6.54 Å². The zero-order valence-electron chi connectivity index (χ0n) is 11.5. The molecule has 0 aliphatic carbocycles. The highest BCUT2D eigenvalue weighted by Crippen LogP contribution is 2.09. The average molecular weight is 327 g/mol. The van der Waals surface area contributed by atoms with Gasteiger partial charge in [0.05, 0.1) is 12.2 Å². The summed E-state index contributed by atoms with van der Waals surface area (Å²) in [7, 11) is 0. The zero-order chi connectivity index (χ0) is 16.5. The van der Waals surface area contributed by atoms with Crippen LogP contribution in [-0.4, -0.2) is 39.9 Å². The minimum absolute atomic E-state index is 0.00318. The first kappa shape index (κ1) is 17.7. The highest BCUT2D eigenvalue weighted by molar-refractivity contribution is 6.31. The van der Waals surface area contributed by atoms with Crippen LogP contribution in [0.5, 0.6) is 0 Å². The fourth-order valence-electron chi connectivity index (χ4n) is 1.47. The van der Waals surface area contributed by atoms with Gasteiger partial charge in [-0.2, -0.15) is 0 Å². The van der Waals surface area contributed by atoms with Gasteiger partial charge in [0.2, 0.25) is 0 Å². The van der Waals surface area contributed by atoms with Gasteiger partial charge in [-0.3, -0.25) is 14.9 Å². The van der Waals surface area contributed by atoms with Gasteiger partial charge < -0.3 is 14.7 Å². The van der Waals surface area contributed by atoms with Crippen LogP contribution in [0.2, 0.25) is 0 Å². The first-order chi connectivity index (χ1) is 10.4. The molecule has 1 aromatic heterocycles. The topological polar surface area (TPSA) is 113 Å². The van der Waals surface area contributed by atoms with Crippen molar-refractivity contribution in [3.8, 4) is 0 Å². The third-order valence-corrected chi connectivity index (χ3v) is 2.78. The Kier molecular flexibility index (Phi) is 7.07. The molecule has 1 atom stereocenters. The minimum atomic E-state index is -1.16. The van der Waals surface area contributed by atoms with Crippen molar-refractivity contribution in [3.63, 3.8) is 0 Å². The summed E-state index contributed by atoms with van der Waals surface area (Å²) in [5.41, 5.74) is 0.392. The number of allylic oxidation sites excluding steroid dienone is 4. The Morgan fingerprint density at radius 3 is 2.82 bits per heavy atom. The molecule has 8 heteroatoms. The highest BCUT2D eigenvalue weighted by Gasteiger charge is 2.20. The van der Waals surface area contributed by atoms with E-state index >= 15 is 0 Å². The molecule has 0 bridgehead atoms. The second kappa shape index (κ2) is 8.81. The molecule has 0 saturated carbocycles. The van der Waals surface area contributed by atoms with Crippen LogP contribution < -0.4 is 5.32 Å². The number of hydrogen-bond acceptors (Lipinski definition) is 5. The van der Waals surface area contributed by atoms with E-state index in [1.165, 1.54) is 6.08 Å². The summed E-state index contributed by atoms with van der Waals surface area (Å²) in [5.74, 6) is -1.88. The average Bonchev–Trinajstić information content (AvgIpc) is 2.90. The fraction of sp³-hybridized carbons (Fsp3) is 0.214. The lowest BCUT2D eigenvalue weighted by atomic mass is 10.1. The number of aromatic nitrogens is 1. The summed E-state index contributed by atoms with van der Waals surface area (Å²) in [5, 5.41) is 24.2. The second-order valence-corrected chi connectivity index (χ2v) is 4.64. The highest BCUT2D eigenvalue weighted by atomic mass is 35.5. The van der Waals surface area contributed by atoms with Crippen molar-refractivity contribution in [1.82, 2.24) is 10.5 Å². The third-order valence-electron chi connectivity index (χ3n) is 2.50. The SMILES string of the molecule is C=C/C(Cl)=C\C=C\c1cc(C[C@H](NCC(=O)O)C(=O)O)no1. The molecule has 0 aliphatic rings. The molecule has 118 valence electrons. The lowest BCUT2D eigenvalue weighted by molar-refractivity contribution is -0.140. The number of nitrogens with one attached hydrogen (secondary N) is 1. The molecule has 0 spiro atoms. The van der Waals surface area contributed by atoms with Gasteiger partial charge in [-0.15, -0.1) is 0 Å². The van der Waals surface area contributed by atoms with Crippen LogP contribution in [-0.2, 0) is 16.0 Å². The summed E-state index contributed by atoms with van der Waals surface area (Å²) in [6.45, 7) is 3.04. The lowest BCUT2D eigenvalue weighted by Gasteiger charge is -2.10. The Labute approximate surface area is 131 Å². The Hall–Kier alpha value is -2.38. The van der Waals surface area contributed by atoms with Gasteiger partial charge in [-0.25, -0.2) is 0 Å². The maximum Gasteiger partial charge on any atom is 0.321 e. The lowest BCUT2D eigenvalue weighted by Crippen LogP contribution is -2.41. The van der Waals surface area contributed by atoms with E-state index in [0.29, 0.717) is 16.5 Å². The van der Waals surface area contributed by atoms with Gasteiger partial charge in [0.1, 0.15) is 6.04 Å². The van der Waals surface area contributed by atoms with Crippen molar-refractivity contribution in [3.05, 3.63) is 47.4 Å². The Balaban J connectivity index is 2.67. The van der Waals surface area contributed by atoms with E-state index in [9.17, 15) is 9.59 Å². The Morgan fingerprint density at radius 2 is 2.23 bits per heavy atom. The van der Waals surface area contributed by atoms with Crippen molar-refractivity contribution < 1.29 is 24.3 Å². The number of nitrogens with zero attached hydrogens (tertiary/aromatic N) is 1. The summed E-state index contributed by atoms with van der Waals surface area (Å²) in [4.78, 5) is 21.5. The van der Waals surface area contributed by atoms with Crippen LogP contribution in [0.25, 0.3) is 6.08 Å². The van der Waals surface area contributed by atoms with Gasteiger partial charge in [0.25, 0.3) is 0 Å². The van der Waals surface area contributed by atoms with Gasteiger partial charge >= 0.3 is 11.9 Å². The standard InChI is InChI=1S/C14H15ClN2O5/c1-2-9(15)4-3-5-11-6-10(17-22-11)7-12(14(20)21)16-8-13(18)19/h2-6,12,16H,1,7-8H2,(H,18,19)(H,20,21)/b5-3+,9-4+/t12-/m0/s1. The molecule has 0 fully saturated rings. The van der Waals surface area contributed by atoms with Gasteiger partial charge in [-0.05, 0) is 12.2 Å². The van der Waals surface area contributed by atoms with Crippen molar-refractivity contribution in [2.24, 2.45) is 0 Å². The number of carboxylic acid groups (broad SMARTS) is 2. The van der Waals surface area contributed by atoms with Crippen molar-refractivity contribution >= 4 is 29.6 Å². The molecule has 0 aromatic carbocycles. The molecule has 1 aromatic rings. The minimum Gasteiger partial charge on any atom is -0.480 e. The quantitative estimate of drug-likeness (QED) is 0.591. The number of halogens is 1. The summed E-state index contributed by atoms with van der Waals surface area (Å²) in [6.07, 6.45) is 6.31. The molecular weight excluding hydrogens is 312 g/mol. The second-order valence-electron chi connectivity index (χ2n) is 4.20. The van der Waals surface area contributed by atoms with Crippen molar-refractivity contribution in [1.29, 1.82) is 0 Å². The van der Waals surface area contributed by atoms with Crippen LogP contribution in [0.4, 0.5) is 0 Å². The molecule has 22 heavy (non-hydrogen) atoms. The summed E-state index contributed by atoms with van der Waals surface area (Å²) < 4.78 is 5.01. The van der Waals surface area contributed by atoms with E-state index in [0.717, 1.165) is 0 Å². The van der Waals surface area contributed by atoms with Crippen LogP contribution >= 0.6 is 11.6 Å². The molecule has 3 N–H and O–H groups in total. The third kappa shape index (κ3) is 6.38. The molecule has 1 heterocycles. The molecule has 0 radical (unpaired) electrons. The van der Waals surface area contributed by atoms with Crippen LogP contribution in [0.15, 0.2) is 40.4 Å². The van der Waals surface area contributed by atoms with Crippen LogP contribution in [0.3, 0.4) is 0 Å². The predicted molar refractivity (Wildman–Crippen MR) is 80.4 cm³/mol. The fourth-order valence-corrected chi connectivity index (χ4v) is 1.55. The number of carboxylic acids is 2. The smallest absolute Gasteiger partial charge is 0.321 e. The molecule has 0 aliphatic heterocycles. The van der Waals surface area contributed by atoms with E-state index in [2.05, 4.69) is 17.1 Å². The monoisotopic (exact) mass is 326 g/mol. The van der Waals surface area contributed by atoms with E-state index in [-0.39, 0.29) is 6.42 Å². The van der Waals surface area contributed by atoms with Crippen LogP contribution in [0.1, 0.15) is 11.5 Å². The van der Waals surface area contributed by atoms with E-state index in [1.807, 2.05) is 0 Å². The largest absolute Gasteiger partial charge is 0.480 e. The number of carbonyl (C=O) groups is 2. The Morgan fingerprint density at radius 1 is 1.50 bits per heavy atom. The number of rotatable bonds is 9. The molecule has 0 saturated heterocycles.